The number of carbonyl (C=O) groups excluding carboxylic acids is 1. The molecule has 2 aliphatic carbocycles. The minimum atomic E-state index is -0.433. The smallest absolute Gasteiger partial charge is 0.309 e. The number of allylic oxidation sites excluding steroid dienone is 1. The van der Waals surface area contributed by atoms with Crippen molar-refractivity contribution in [2.24, 2.45) is 28.6 Å². The van der Waals surface area contributed by atoms with Gasteiger partial charge in [0.1, 0.15) is 0 Å². The number of hydrogen-bond donors (Lipinski definition) is 2. The molecule has 24 heavy (non-hydrogen) atoms. The van der Waals surface area contributed by atoms with E-state index in [2.05, 4.69) is 13.5 Å². The predicted molar refractivity (Wildman–Crippen MR) is 92.2 cm³/mol. The maximum absolute atomic E-state index is 11.8. The Bertz CT molecular complexity index is 516. The first kappa shape index (κ1) is 17.9. The van der Waals surface area contributed by atoms with E-state index in [0.29, 0.717) is 18.4 Å². The van der Waals surface area contributed by atoms with Gasteiger partial charge in [0.25, 0.3) is 0 Å². The molecule has 0 aromatic heterocycles. The summed E-state index contributed by atoms with van der Waals surface area (Å²) in [6.45, 7) is 9.30. The number of ether oxygens (including phenoxy) is 1. The highest BCUT2D eigenvalue weighted by Gasteiger charge is 2.57. The van der Waals surface area contributed by atoms with Crippen LogP contribution in [0.2, 0.25) is 0 Å². The van der Waals surface area contributed by atoms with Gasteiger partial charge in [-0.15, -0.1) is 0 Å². The van der Waals surface area contributed by atoms with Crippen LogP contribution in [-0.2, 0) is 9.53 Å². The van der Waals surface area contributed by atoms with Crippen LogP contribution in [0, 0.1) is 28.6 Å². The zero-order valence-electron chi connectivity index (χ0n) is 15.1. The monoisotopic (exact) mass is 336 g/mol. The van der Waals surface area contributed by atoms with Crippen molar-refractivity contribution < 1.29 is 19.7 Å². The lowest BCUT2D eigenvalue weighted by molar-refractivity contribution is -0.153. The molecular formula is C20H32O4. The number of esters is 1. The third kappa shape index (κ3) is 2.72. The quantitative estimate of drug-likeness (QED) is 0.611. The van der Waals surface area contributed by atoms with Crippen LogP contribution >= 0.6 is 0 Å². The van der Waals surface area contributed by atoms with E-state index < -0.39 is 11.5 Å². The molecule has 0 aromatic rings. The van der Waals surface area contributed by atoms with Gasteiger partial charge in [-0.1, -0.05) is 26.0 Å². The van der Waals surface area contributed by atoms with Gasteiger partial charge in [0.2, 0.25) is 0 Å². The number of rotatable bonds is 4. The summed E-state index contributed by atoms with van der Waals surface area (Å²) >= 11 is 0. The molecule has 0 bridgehead atoms. The summed E-state index contributed by atoms with van der Waals surface area (Å²) < 4.78 is 5.10. The first-order valence-corrected chi connectivity index (χ1v) is 9.46. The summed E-state index contributed by atoms with van der Waals surface area (Å²) in [6, 6.07) is 0. The van der Waals surface area contributed by atoms with Gasteiger partial charge in [-0.05, 0) is 62.2 Å². The van der Waals surface area contributed by atoms with E-state index in [9.17, 15) is 15.0 Å². The molecular weight excluding hydrogens is 304 g/mol. The molecule has 1 unspecified atom stereocenters. The second-order valence-electron chi connectivity index (χ2n) is 8.76. The second-order valence-corrected chi connectivity index (χ2v) is 8.76. The van der Waals surface area contributed by atoms with Gasteiger partial charge in [0.15, 0.2) is 0 Å². The molecule has 4 nitrogen and oxygen atoms in total. The van der Waals surface area contributed by atoms with E-state index in [-0.39, 0.29) is 23.9 Å². The van der Waals surface area contributed by atoms with Crippen LogP contribution in [0.1, 0.15) is 58.8 Å². The molecule has 136 valence electrons. The molecule has 0 aromatic carbocycles. The van der Waals surface area contributed by atoms with Crippen molar-refractivity contribution in [1.82, 2.24) is 0 Å². The molecule has 0 radical (unpaired) electrons. The number of cyclic esters (lactones) is 1. The molecule has 3 rings (SSSR count). The Labute approximate surface area is 145 Å². The van der Waals surface area contributed by atoms with E-state index >= 15 is 0 Å². The summed E-state index contributed by atoms with van der Waals surface area (Å²) in [5.74, 6) is 0.658. The molecule has 1 saturated heterocycles. The fourth-order valence-corrected chi connectivity index (χ4v) is 5.90. The summed E-state index contributed by atoms with van der Waals surface area (Å²) in [5, 5.41) is 20.5. The average Bonchev–Trinajstić information content (AvgIpc) is 2.96. The van der Waals surface area contributed by atoms with Crippen LogP contribution in [0.5, 0.6) is 0 Å². The van der Waals surface area contributed by atoms with E-state index in [1.54, 1.807) is 0 Å². The summed E-state index contributed by atoms with van der Waals surface area (Å²) in [4.78, 5) is 11.8. The fraction of sp³-hybridized carbons (Fsp3) is 0.850. The molecule has 0 spiro atoms. The number of hydrogen-bond acceptors (Lipinski definition) is 4. The highest BCUT2D eigenvalue weighted by molar-refractivity contribution is 5.74. The molecule has 3 fully saturated rings. The molecule has 0 amide bonds. The second kappa shape index (κ2) is 6.45. The third-order valence-corrected chi connectivity index (χ3v) is 7.54. The van der Waals surface area contributed by atoms with Gasteiger partial charge in [-0.25, -0.2) is 0 Å². The zero-order chi connectivity index (χ0) is 17.5. The lowest BCUT2D eigenvalue weighted by Crippen LogP contribution is -2.57. The molecule has 6 atom stereocenters. The van der Waals surface area contributed by atoms with E-state index in [0.717, 1.165) is 44.9 Å². The number of fused-ring (bicyclic) bond motifs is 1. The van der Waals surface area contributed by atoms with Crippen molar-refractivity contribution in [3.05, 3.63) is 12.2 Å². The standard InChI is InChI=1S/C20H32O4/c1-13-4-7-16-19(2,10-8-17(22)20(16,3)12-21)15(13)6-5-14-9-11-24-18(14)23/h14-17,21-22H,1,4-12H2,2-3H3/t14?,15-,16+,17-,19+,20+/m0/s1. The van der Waals surface area contributed by atoms with E-state index in [1.807, 2.05) is 6.92 Å². The van der Waals surface area contributed by atoms with E-state index in [4.69, 9.17) is 4.74 Å². The van der Waals surface area contributed by atoms with Gasteiger partial charge in [-0.2, -0.15) is 0 Å². The van der Waals surface area contributed by atoms with Crippen LogP contribution in [0.15, 0.2) is 12.2 Å². The third-order valence-electron chi connectivity index (χ3n) is 7.54. The van der Waals surface area contributed by atoms with Gasteiger partial charge in [0, 0.05) is 5.41 Å². The van der Waals surface area contributed by atoms with Crippen LogP contribution in [0.4, 0.5) is 0 Å². The minimum absolute atomic E-state index is 0.0303. The van der Waals surface area contributed by atoms with Crippen molar-refractivity contribution in [3.8, 4) is 0 Å². The van der Waals surface area contributed by atoms with Gasteiger partial charge < -0.3 is 14.9 Å². The molecule has 2 saturated carbocycles. The van der Waals surface area contributed by atoms with Crippen LogP contribution in [0.3, 0.4) is 0 Å². The molecule has 1 aliphatic heterocycles. The summed E-state index contributed by atoms with van der Waals surface area (Å²) in [7, 11) is 0. The van der Waals surface area contributed by atoms with Crippen LogP contribution in [-0.4, -0.2) is 35.5 Å². The van der Waals surface area contributed by atoms with Crippen LogP contribution < -0.4 is 0 Å². The Kier molecular flexibility index (Phi) is 4.82. The Morgan fingerprint density at radius 2 is 2.00 bits per heavy atom. The maximum Gasteiger partial charge on any atom is 0.309 e. The predicted octanol–water partition coefficient (Wildman–Crippen LogP) is 3.07. The first-order valence-electron chi connectivity index (χ1n) is 9.46. The van der Waals surface area contributed by atoms with Gasteiger partial charge in [0.05, 0.1) is 25.2 Å². The highest BCUT2D eigenvalue weighted by atomic mass is 16.5. The molecule has 2 N–H and O–H groups in total. The van der Waals surface area contributed by atoms with Crippen molar-refractivity contribution in [2.45, 2.75) is 64.9 Å². The number of carbonyl (C=O) groups is 1. The van der Waals surface area contributed by atoms with Gasteiger partial charge >= 0.3 is 5.97 Å². The van der Waals surface area contributed by atoms with Gasteiger partial charge in [-0.3, -0.25) is 4.79 Å². The average molecular weight is 336 g/mol. The SMILES string of the molecule is C=C1CC[C@@H]2[C@](C)(CC[C@H](O)[C@]2(C)CO)[C@H]1CCC1CCOC1=O. The first-order chi connectivity index (χ1) is 11.3. The maximum atomic E-state index is 11.8. The Balaban J connectivity index is 1.80. The molecule has 1 heterocycles. The normalized spacial score (nSPS) is 45.8. The van der Waals surface area contributed by atoms with Crippen molar-refractivity contribution >= 4 is 5.97 Å². The minimum Gasteiger partial charge on any atom is -0.465 e. The lowest BCUT2D eigenvalue weighted by atomic mass is 9.46. The summed E-state index contributed by atoms with van der Waals surface area (Å²) in [6.07, 6.45) is 5.88. The lowest BCUT2D eigenvalue weighted by Gasteiger charge is -2.60. The Morgan fingerprint density at radius 1 is 1.25 bits per heavy atom. The van der Waals surface area contributed by atoms with Crippen molar-refractivity contribution in [3.63, 3.8) is 0 Å². The van der Waals surface area contributed by atoms with Crippen molar-refractivity contribution in [2.75, 3.05) is 13.2 Å². The Morgan fingerprint density at radius 3 is 2.62 bits per heavy atom. The number of aliphatic hydroxyl groups is 2. The zero-order valence-corrected chi connectivity index (χ0v) is 15.1. The Hall–Kier alpha value is -0.870. The molecule has 4 heteroatoms. The largest absolute Gasteiger partial charge is 0.465 e. The number of aliphatic hydroxyl groups excluding tert-OH is 2. The van der Waals surface area contributed by atoms with Crippen molar-refractivity contribution in [1.29, 1.82) is 0 Å². The highest BCUT2D eigenvalue weighted by Crippen LogP contribution is 2.61. The molecule has 3 aliphatic rings. The van der Waals surface area contributed by atoms with E-state index in [1.165, 1.54) is 5.57 Å². The summed E-state index contributed by atoms with van der Waals surface area (Å²) in [5.41, 5.74) is 0.907. The van der Waals surface area contributed by atoms with Crippen LogP contribution in [0.25, 0.3) is 0 Å². The topological polar surface area (TPSA) is 66.8 Å². The fourth-order valence-electron chi connectivity index (χ4n) is 5.90.